The Morgan fingerprint density at radius 1 is 1.08 bits per heavy atom. The first-order valence-electron chi connectivity index (χ1n) is 4.70. The molecule has 72 valence electrons. The molecule has 1 aromatic carbocycles. The van der Waals surface area contributed by atoms with Gasteiger partial charge in [-0.05, 0) is 24.6 Å². The largest absolute Gasteiger partial charge is 0.451 e. The summed E-state index contributed by atoms with van der Waals surface area (Å²) in [5.41, 5.74) is 1.20. The summed E-state index contributed by atoms with van der Waals surface area (Å²) >= 11 is 0. The molecule has 13 heavy (non-hydrogen) atoms. The Labute approximate surface area is 79.5 Å². The topological polar surface area (TPSA) is 18.5 Å². The Hall–Kier alpha value is -1.18. The van der Waals surface area contributed by atoms with Crippen molar-refractivity contribution in [3.05, 3.63) is 23.8 Å². The molecule has 1 heterocycles. The van der Waals surface area contributed by atoms with Crippen LogP contribution in [0, 0.1) is 6.92 Å². The Kier molecular flexibility index (Phi) is 3.18. The maximum absolute atomic E-state index is 5.37. The monoisotopic (exact) mass is 180 g/mol. The fourth-order valence-electron chi connectivity index (χ4n) is 1.19. The lowest BCUT2D eigenvalue weighted by molar-refractivity contribution is 0.0678. The molecule has 1 atom stereocenters. The van der Waals surface area contributed by atoms with E-state index in [1.807, 2.05) is 45.9 Å². The van der Waals surface area contributed by atoms with Gasteiger partial charge in [0.25, 0.3) is 0 Å². The highest BCUT2D eigenvalue weighted by molar-refractivity contribution is 5.44. The molecule has 2 nitrogen and oxygen atoms in total. The molecule has 0 bridgehead atoms. The van der Waals surface area contributed by atoms with E-state index in [1.165, 1.54) is 5.56 Å². The summed E-state index contributed by atoms with van der Waals surface area (Å²) in [6.07, 6.45) is -0.133. The second kappa shape index (κ2) is 4.17. The van der Waals surface area contributed by atoms with Crippen LogP contribution in [0.25, 0.3) is 0 Å². The Morgan fingerprint density at radius 3 is 2.38 bits per heavy atom. The number of rotatable bonds is 0. The van der Waals surface area contributed by atoms with E-state index < -0.39 is 0 Å². The third-order valence-electron chi connectivity index (χ3n) is 1.69. The summed E-state index contributed by atoms with van der Waals surface area (Å²) in [5.74, 6) is 1.71. The average Bonchev–Trinajstić information content (AvgIpc) is 2.48. The molecule has 1 aliphatic heterocycles. The Bertz CT molecular complexity index is 281. The predicted molar refractivity (Wildman–Crippen MR) is 53.2 cm³/mol. The minimum absolute atomic E-state index is 0.133. The molecule has 0 saturated carbocycles. The lowest BCUT2D eigenvalue weighted by Gasteiger charge is -1.99. The van der Waals surface area contributed by atoms with Crippen LogP contribution >= 0.6 is 0 Å². The minimum atomic E-state index is -0.133. The lowest BCUT2D eigenvalue weighted by Crippen LogP contribution is -2.11. The normalized spacial score (nSPS) is 17.7. The van der Waals surface area contributed by atoms with Gasteiger partial charge in [0.1, 0.15) is 0 Å². The second-order valence-electron chi connectivity index (χ2n) is 2.75. The molecule has 2 rings (SSSR count). The van der Waals surface area contributed by atoms with Gasteiger partial charge in [-0.15, -0.1) is 0 Å². The third-order valence-corrected chi connectivity index (χ3v) is 1.69. The van der Waals surface area contributed by atoms with Gasteiger partial charge in [-0.2, -0.15) is 0 Å². The van der Waals surface area contributed by atoms with Crippen LogP contribution < -0.4 is 9.47 Å². The minimum Gasteiger partial charge on any atom is -0.451 e. The van der Waals surface area contributed by atoms with Crippen LogP contribution in [0.2, 0.25) is 0 Å². The molecule has 0 N–H and O–H groups in total. The molecular weight excluding hydrogens is 164 g/mol. The first kappa shape index (κ1) is 9.90. The van der Waals surface area contributed by atoms with Gasteiger partial charge < -0.3 is 9.47 Å². The van der Waals surface area contributed by atoms with Crippen molar-refractivity contribution in [2.75, 3.05) is 0 Å². The summed E-state index contributed by atoms with van der Waals surface area (Å²) in [4.78, 5) is 0. The summed E-state index contributed by atoms with van der Waals surface area (Å²) in [7, 11) is 0. The molecule has 0 radical (unpaired) electrons. The highest BCUT2D eigenvalue weighted by atomic mass is 16.7. The Morgan fingerprint density at radius 2 is 1.69 bits per heavy atom. The van der Waals surface area contributed by atoms with Gasteiger partial charge in [-0.1, -0.05) is 19.9 Å². The van der Waals surface area contributed by atoms with E-state index in [2.05, 4.69) is 0 Å². The van der Waals surface area contributed by atoms with Crippen LogP contribution in [0.15, 0.2) is 18.2 Å². The summed E-state index contributed by atoms with van der Waals surface area (Å²) < 4.78 is 10.7. The van der Waals surface area contributed by atoms with Crippen molar-refractivity contribution < 1.29 is 9.47 Å². The molecule has 1 unspecified atom stereocenters. The smallest absolute Gasteiger partial charge is 0.238 e. The zero-order valence-corrected chi connectivity index (χ0v) is 8.63. The molecule has 2 heteroatoms. The van der Waals surface area contributed by atoms with Gasteiger partial charge in [0.2, 0.25) is 6.29 Å². The van der Waals surface area contributed by atoms with E-state index in [-0.39, 0.29) is 6.29 Å². The number of benzene rings is 1. The van der Waals surface area contributed by atoms with Crippen molar-refractivity contribution in [3.8, 4) is 11.5 Å². The fourth-order valence-corrected chi connectivity index (χ4v) is 1.19. The third kappa shape index (κ3) is 2.14. The van der Waals surface area contributed by atoms with Crippen molar-refractivity contribution in [2.24, 2.45) is 0 Å². The van der Waals surface area contributed by atoms with E-state index in [4.69, 9.17) is 9.47 Å². The number of fused-ring (bicyclic) bond motifs is 1. The van der Waals surface area contributed by atoms with Crippen molar-refractivity contribution >= 4 is 0 Å². The van der Waals surface area contributed by atoms with Crippen molar-refractivity contribution in [3.63, 3.8) is 0 Å². The van der Waals surface area contributed by atoms with Crippen LogP contribution in [0.5, 0.6) is 11.5 Å². The van der Waals surface area contributed by atoms with Crippen molar-refractivity contribution in [1.82, 2.24) is 0 Å². The van der Waals surface area contributed by atoms with Crippen LogP contribution in [0.4, 0.5) is 0 Å². The summed E-state index contributed by atoms with van der Waals surface area (Å²) in [6, 6.07) is 5.94. The molecule has 0 aromatic heterocycles. The maximum Gasteiger partial charge on any atom is 0.238 e. The molecule has 0 spiro atoms. The number of hydrogen-bond donors (Lipinski definition) is 0. The van der Waals surface area contributed by atoms with Gasteiger partial charge in [-0.3, -0.25) is 0 Å². The molecule has 0 saturated heterocycles. The SMILES string of the molecule is CC.Cc1ccc2c(c1)OC(C)O2. The molecule has 0 amide bonds. The van der Waals surface area contributed by atoms with Gasteiger partial charge in [0.05, 0.1) is 0 Å². The van der Waals surface area contributed by atoms with Crippen molar-refractivity contribution in [2.45, 2.75) is 34.0 Å². The molecule has 0 fully saturated rings. The fraction of sp³-hybridized carbons (Fsp3) is 0.455. The van der Waals surface area contributed by atoms with E-state index in [1.54, 1.807) is 0 Å². The zero-order chi connectivity index (χ0) is 9.84. The first-order chi connectivity index (χ1) is 6.25. The number of aryl methyl sites for hydroxylation is 1. The molecule has 0 aliphatic carbocycles. The molecule has 1 aliphatic rings. The van der Waals surface area contributed by atoms with Crippen LogP contribution in [0.3, 0.4) is 0 Å². The summed E-state index contributed by atoms with van der Waals surface area (Å²) in [5, 5.41) is 0. The second-order valence-corrected chi connectivity index (χ2v) is 2.75. The maximum atomic E-state index is 5.37. The Balaban J connectivity index is 0.000000396. The van der Waals surface area contributed by atoms with Gasteiger partial charge in [-0.25, -0.2) is 0 Å². The van der Waals surface area contributed by atoms with Gasteiger partial charge in [0.15, 0.2) is 11.5 Å². The molecule has 1 aromatic rings. The van der Waals surface area contributed by atoms with Gasteiger partial charge >= 0.3 is 0 Å². The van der Waals surface area contributed by atoms with Gasteiger partial charge in [0, 0.05) is 6.92 Å². The van der Waals surface area contributed by atoms with Crippen LogP contribution in [-0.4, -0.2) is 6.29 Å². The molecular formula is C11H16O2. The quantitative estimate of drug-likeness (QED) is 0.610. The number of ether oxygens (including phenoxy) is 2. The lowest BCUT2D eigenvalue weighted by atomic mass is 10.2. The van der Waals surface area contributed by atoms with E-state index in [9.17, 15) is 0 Å². The van der Waals surface area contributed by atoms with Crippen LogP contribution in [0.1, 0.15) is 26.3 Å². The predicted octanol–water partition coefficient (Wildman–Crippen LogP) is 3.14. The van der Waals surface area contributed by atoms with E-state index in [0.29, 0.717) is 0 Å². The van der Waals surface area contributed by atoms with E-state index >= 15 is 0 Å². The highest BCUT2D eigenvalue weighted by Crippen LogP contribution is 2.34. The van der Waals surface area contributed by atoms with E-state index in [0.717, 1.165) is 11.5 Å². The highest BCUT2D eigenvalue weighted by Gasteiger charge is 2.18. The zero-order valence-electron chi connectivity index (χ0n) is 8.63. The standard InChI is InChI=1S/C9H10O2.C2H6/c1-6-3-4-8-9(5-6)11-7(2)10-8;1-2/h3-5,7H,1-2H3;1-2H3. The average molecular weight is 180 g/mol. The first-order valence-corrected chi connectivity index (χ1v) is 4.70. The van der Waals surface area contributed by atoms with Crippen molar-refractivity contribution in [1.29, 1.82) is 0 Å². The number of hydrogen-bond acceptors (Lipinski definition) is 2. The summed E-state index contributed by atoms with van der Waals surface area (Å²) in [6.45, 7) is 7.92. The van der Waals surface area contributed by atoms with Crippen LogP contribution in [-0.2, 0) is 0 Å².